The Morgan fingerprint density at radius 1 is 1.30 bits per heavy atom. The van der Waals surface area contributed by atoms with Crippen LogP contribution in [0.25, 0.3) is 0 Å². The molecule has 0 radical (unpaired) electrons. The number of hydrogen-bond donors (Lipinski definition) is 0. The van der Waals surface area contributed by atoms with Crippen LogP contribution in [0.5, 0.6) is 0 Å². The Kier molecular flexibility index (Phi) is 5.07. The number of nitrogens with zero attached hydrogens (tertiary/aromatic N) is 1. The van der Waals surface area contributed by atoms with E-state index in [1.54, 1.807) is 12.1 Å². The molecule has 0 aromatic heterocycles. The molecule has 9 heteroatoms. The molecule has 1 heterocycles. The number of amides is 1. The van der Waals surface area contributed by atoms with Crippen molar-refractivity contribution in [2.24, 2.45) is 5.92 Å². The molecule has 1 aromatic rings. The van der Waals surface area contributed by atoms with E-state index in [0.29, 0.717) is 26.2 Å². The highest BCUT2D eigenvalue weighted by molar-refractivity contribution is 9.11. The molecule has 0 saturated carbocycles. The second-order valence-corrected chi connectivity index (χ2v) is 9.46. The molecule has 1 aromatic carbocycles. The highest BCUT2D eigenvalue weighted by Crippen LogP contribution is 2.39. The van der Waals surface area contributed by atoms with Crippen LogP contribution in [0.2, 0.25) is 5.02 Å². The number of benzene rings is 1. The maximum Gasteiger partial charge on any atom is 0.232 e. The maximum atomic E-state index is 12.1. The molecule has 1 unspecified atom stereocenters. The van der Waals surface area contributed by atoms with Crippen molar-refractivity contribution >= 4 is 74.8 Å². The average Bonchev–Trinajstić information content (AvgIpc) is 2.55. The summed E-state index contributed by atoms with van der Waals surface area (Å²) in [4.78, 5) is 13.6. The molecule has 1 aliphatic rings. The van der Waals surface area contributed by atoms with Gasteiger partial charge in [0.25, 0.3) is 0 Å². The predicted octanol–water partition coefficient (Wildman–Crippen LogP) is 3.79. The van der Waals surface area contributed by atoms with Crippen molar-refractivity contribution in [2.75, 3.05) is 17.2 Å². The van der Waals surface area contributed by atoms with Crippen molar-refractivity contribution in [3.05, 3.63) is 26.1 Å². The van der Waals surface area contributed by atoms with E-state index in [2.05, 4.69) is 31.9 Å². The SMILES string of the molecule is O=C1CC(CS(=O)(=O)Cl)CN1c1c(Br)cc(Cl)cc1Br. The first kappa shape index (κ1) is 16.5. The minimum absolute atomic E-state index is 0.140. The number of rotatable bonds is 3. The van der Waals surface area contributed by atoms with Crippen LogP contribution >= 0.6 is 54.1 Å². The third kappa shape index (κ3) is 3.88. The molecule has 1 fully saturated rings. The van der Waals surface area contributed by atoms with Crippen molar-refractivity contribution in [3.63, 3.8) is 0 Å². The van der Waals surface area contributed by atoms with Gasteiger partial charge in [-0.15, -0.1) is 0 Å². The molecular weight excluding hydrogens is 457 g/mol. The van der Waals surface area contributed by atoms with Crippen molar-refractivity contribution in [1.29, 1.82) is 0 Å². The average molecular weight is 466 g/mol. The van der Waals surface area contributed by atoms with Gasteiger partial charge in [-0.1, -0.05) is 11.6 Å². The number of hydrogen-bond acceptors (Lipinski definition) is 3. The largest absolute Gasteiger partial charge is 0.310 e. The molecule has 1 saturated heterocycles. The normalized spacial score (nSPS) is 19.7. The van der Waals surface area contributed by atoms with Crippen LogP contribution in [-0.4, -0.2) is 26.6 Å². The first-order valence-electron chi connectivity index (χ1n) is 5.54. The maximum absolute atomic E-state index is 12.1. The van der Waals surface area contributed by atoms with Crippen molar-refractivity contribution in [1.82, 2.24) is 0 Å². The lowest BCUT2D eigenvalue weighted by molar-refractivity contribution is -0.117. The Balaban J connectivity index is 2.29. The molecular formula is C11H9Br2Cl2NO3S. The molecule has 4 nitrogen and oxygen atoms in total. The second kappa shape index (κ2) is 6.12. The lowest BCUT2D eigenvalue weighted by Crippen LogP contribution is -2.26. The van der Waals surface area contributed by atoms with Crippen LogP contribution in [0.15, 0.2) is 21.1 Å². The van der Waals surface area contributed by atoms with Gasteiger partial charge in [0.15, 0.2) is 0 Å². The van der Waals surface area contributed by atoms with Gasteiger partial charge in [-0.05, 0) is 44.0 Å². The smallest absolute Gasteiger partial charge is 0.232 e. The molecule has 2 rings (SSSR count). The van der Waals surface area contributed by atoms with Gasteiger partial charge in [0, 0.05) is 43.5 Å². The monoisotopic (exact) mass is 463 g/mol. The fourth-order valence-electron chi connectivity index (χ4n) is 2.18. The summed E-state index contributed by atoms with van der Waals surface area (Å²) in [5, 5.41) is 0.527. The van der Waals surface area contributed by atoms with Crippen molar-refractivity contribution < 1.29 is 13.2 Å². The van der Waals surface area contributed by atoms with Crippen LogP contribution in [0.4, 0.5) is 5.69 Å². The standard InChI is InChI=1S/C11H9Br2Cl2NO3S/c12-8-2-7(14)3-9(13)11(8)16-4-6(1-10(16)17)5-20(15,18)19/h2-3,6H,1,4-5H2. The molecule has 0 aliphatic carbocycles. The van der Waals surface area contributed by atoms with Gasteiger partial charge < -0.3 is 4.90 Å². The van der Waals surface area contributed by atoms with Crippen LogP contribution in [0, 0.1) is 5.92 Å². The van der Waals surface area contributed by atoms with Crippen LogP contribution < -0.4 is 4.90 Å². The van der Waals surface area contributed by atoms with Gasteiger partial charge in [-0.3, -0.25) is 4.79 Å². The van der Waals surface area contributed by atoms with Crippen molar-refractivity contribution in [2.45, 2.75) is 6.42 Å². The Bertz CT molecular complexity index is 643. The lowest BCUT2D eigenvalue weighted by atomic mass is 10.1. The zero-order valence-electron chi connectivity index (χ0n) is 9.95. The fourth-order valence-corrected chi connectivity index (χ4v) is 5.60. The van der Waals surface area contributed by atoms with E-state index >= 15 is 0 Å². The summed E-state index contributed by atoms with van der Waals surface area (Å²) in [5.41, 5.74) is 0.647. The summed E-state index contributed by atoms with van der Waals surface area (Å²) in [6, 6.07) is 3.36. The van der Waals surface area contributed by atoms with Crippen molar-refractivity contribution in [3.8, 4) is 0 Å². The number of halogens is 4. The molecule has 0 bridgehead atoms. The summed E-state index contributed by atoms with van der Waals surface area (Å²) < 4.78 is 23.6. The summed E-state index contributed by atoms with van der Waals surface area (Å²) in [6.45, 7) is 0.309. The second-order valence-electron chi connectivity index (χ2n) is 4.50. The predicted molar refractivity (Wildman–Crippen MR) is 87.0 cm³/mol. The third-order valence-corrected chi connectivity index (χ3v) is 5.57. The first-order valence-corrected chi connectivity index (χ1v) is 9.99. The molecule has 1 aliphatic heterocycles. The van der Waals surface area contributed by atoms with E-state index in [-0.39, 0.29) is 24.0 Å². The number of carbonyl (C=O) groups is 1. The first-order chi connectivity index (χ1) is 9.17. The Morgan fingerprint density at radius 3 is 2.35 bits per heavy atom. The van der Waals surface area contributed by atoms with Crippen LogP contribution in [0.3, 0.4) is 0 Å². The van der Waals surface area contributed by atoms with Gasteiger partial charge in [0.1, 0.15) is 0 Å². The summed E-state index contributed by atoms with van der Waals surface area (Å²) in [7, 11) is 1.63. The Hall–Kier alpha value is 0.180. The highest BCUT2D eigenvalue weighted by atomic mass is 79.9. The topological polar surface area (TPSA) is 54.5 Å². The molecule has 0 spiro atoms. The minimum Gasteiger partial charge on any atom is -0.310 e. The van der Waals surface area contributed by atoms with Crippen LogP contribution in [-0.2, 0) is 13.8 Å². The van der Waals surface area contributed by atoms with Crippen LogP contribution in [0.1, 0.15) is 6.42 Å². The number of carbonyl (C=O) groups excluding carboxylic acids is 1. The van der Waals surface area contributed by atoms with E-state index in [4.69, 9.17) is 22.3 Å². The van der Waals surface area contributed by atoms with E-state index < -0.39 is 9.05 Å². The van der Waals surface area contributed by atoms with Gasteiger partial charge in [-0.2, -0.15) is 0 Å². The lowest BCUT2D eigenvalue weighted by Gasteiger charge is -2.20. The quantitative estimate of drug-likeness (QED) is 0.638. The summed E-state index contributed by atoms with van der Waals surface area (Å²) in [5.74, 6) is -0.655. The van der Waals surface area contributed by atoms with E-state index in [1.165, 1.54) is 4.90 Å². The molecule has 1 amide bonds. The fraction of sp³-hybridized carbons (Fsp3) is 0.364. The molecule has 1 atom stereocenters. The van der Waals surface area contributed by atoms with Gasteiger partial charge in [-0.25, -0.2) is 8.42 Å². The van der Waals surface area contributed by atoms with E-state index in [9.17, 15) is 13.2 Å². The Morgan fingerprint density at radius 2 is 1.85 bits per heavy atom. The number of anilines is 1. The zero-order valence-corrected chi connectivity index (χ0v) is 15.4. The summed E-state index contributed by atoms with van der Waals surface area (Å²) >= 11 is 12.6. The Labute approximate surface area is 143 Å². The molecule has 110 valence electrons. The van der Waals surface area contributed by atoms with E-state index in [0.717, 1.165) is 0 Å². The molecule has 0 N–H and O–H groups in total. The van der Waals surface area contributed by atoms with Gasteiger partial charge in [0.05, 0.1) is 11.4 Å². The van der Waals surface area contributed by atoms with Gasteiger partial charge in [0.2, 0.25) is 15.0 Å². The van der Waals surface area contributed by atoms with E-state index in [1.807, 2.05) is 0 Å². The highest BCUT2D eigenvalue weighted by Gasteiger charge is 2.34. The minimum atomic E-state index is -3.61. The third-order valence-electron chi connectivity index (χ3n) is 2.89. The molecule has 20 heavy (non-hydrogen) atoms. The van der Waals surface area contributed by atoms with Gasteiger partial charge >= 0.3 is 0 Å². The zero-order chi connectivity index (χ0) is 15.1. The summed E-state index contributed by atoms with van der Waals surface area (Å²) in [6.07, 6.45) is 0.160.